The second-order valence-electron chi connectivity index (χ2n) is 7.03. The molecule has 0 spiro atoms. The zero-order valence-corrected chi connectivity index (χ0v) is 15.7. The van der Waals surface area contributed by atoms with Gasteiger partial charge in [0.05, 0.1) is 14.2 Å². The summed E-state index contributed by atoms with van der Waals surface area (Å²) in [6.45, 7) is 3.88. The molecule has 0 saturated heterocycles. The molecule has 6 nitrogen and oxygen atoms in total. The van der Waals surface area contributed by atoms with Crippen LogP contribution in [-0.2, 0) is 5.60 Å². The Morgan fingerprint density at radius 2 is 1.70 bits per heavy atom. The summed E-state index contributed by atoms with van der Waals surface area (Å²) in [5.41, 5.74) is 0.212. The molecule has 142 valence electrons. The van der Waals surface area contributed by atoms with Gasteiger partial charge in [0.1, 0.15) is 5.60 Å². The van der Waals surface area contributed by atoms with Gasteiger partial charge in [-0.05, 0) is 29.8 Å². The van der Waals surface area contributed by atoms with Gasteiger partial charge in [-0.25, -0.2) is 0 Å². The van der Waals surface area contributed by atoms with Gasteiger partial charge < -0.3 is 24.1 Å². The molecule has 6 heteroatoms. The van der Waals surface area contributed by atoms with Crippen LogP contribution in [0, 0.1) is 11.8 Å². The van der Waals surface area contributed by atoms with Gasteiger partial charge >= 0.3 is 0 Å². The molecular weight excluding hydrogens is 348 g/mol. The summed E-state index contributed by atoms with van der Waals surface area (Å²) in [5, 5.41) is 11.9. The third-order valence-corrected chi connectivity index (χ3v) is 5.84. The van der Waals surface area contributed by atoms with Crippen LogP contribution in [0.2, 0.25) is 0 Å². The van der Waals surface area contributed by atoms with Crippen molar-refractivity contribution in [3.8, 4) is 23.0 Å². The summed E-state index contributed by atoms with van der Waals surface area (Å²) in [5.74, 6) is 1.40. The molecule has 0 amide bonds. The van der Waals surface area contributed by atoms with E-state index in [1.165, 1.54) is 14.2 Å². The number of carbonyl (C=O) groups excluding carboxylic acids is 1. The maximum Gasteiger partial charge on any atom is 0.231 e. The van der Waals surface area contributed by atoms with Crippen LogP contribution in [0.3, 0.4) is 0 Å². The van der Waals surface area contributed by atoms with Crippen molar-refractivity contribution in [3.05, 3.63) is 47.0 Å². The molecule has 1 N–H and O–H groups in total. The van der Waals surface area contributed by atoms with E-state index in [1.807, 2.05) is 19.9 Å². The SMILES string of the molecule is COc1cc2c(cc1OC)[C@](O)(c1ccc3c(c1)OCO3)[C@@H](C)[C@H](C)C2=O. The minimum atomic E-state index is -1.39. The highest BCUT2D eigenvalue weighted by Gasteiger charge is 2.49. The average Bonchev–Trinajstić information content (AvgIpc) is 3.17. The topological polar surface area (TPSA) is 74.2 Å². The second kappa shape index (κ2) is 6.16. The number of benzene rings is 2. The molecule has 0 fully saturated rings. The number of aliphatic hydroxyl groups is 1. The Hall–Kier alpha value is -2.73. The fourth-order valence-corrected chi connectivity index (χ4v) is 4.03. The molecule has 2 aromatic rings. The van der Waals surface area contributed by atoms with E-state index >= 15 is 0 Å². The molecule has 0 unspecified atom stereocenters. The Bertz CT molecular complexity index is 921. The Kier molecular flexibility index (Phi) is 4.03. The molecule has 2 aliphatic rings. The maximum atomic E-state index is 12.9. The molecule has 0 radical (unpaired) electrons. The van der Waals surface area contributed by atoms with Crippen LogP contribution in [0.1, 0.15) is 35.3 Å². The highest BCUT2D eigenvalue weighted by Crippen LogP contribution is 2.50. The zero-order chi connectivity index (χ0) is 19.3. The van der Waals surface area contributed by atoms with E-state index in [2.05, 4.69) is 0 Å². The van der Waals surface area contributed by atoms with E-state index in [9.17, 15) is 9.90 Å². The van der Waals surface area contributed by atoms with E-state index in [1.54, 1.807) is 24.3 Å². The van der Waals surface area contributed by atoms with Crippen LogP contribution < -0.4 is 18.9 Å². The summed E-state index contributed by atoms with van der Waals surface area (Å²) in [4.78, 5) is 12.9. The largest absolute Gasteiger partial charge is 0.493 e. The van der Waals surface area contributed by atoms with Crippen molar-refractivity contribution >= 4 is 5.78 Å². The Balaban J connectivity index is 1.97. The van der Waals surface area contributed by atoms with Crippen molar-refractivity contribution in [3.63, 3.8) is 0 Å². The summed E-state index contributed by atoms with van der Waals surface area (Å²) in [6.07, 6.45) is 0. The van der Waals surface area contributed by atoms with E-state index in [4.69, 9.17) is 18.9 Å². The van der Waals surface area contributed by atoms with Gasteiger partial charge in [-0.1, -0.05) is 19.9 Å². The van der Waals surface area contributed by atoms with Crippen molar-refractivity contribution in [1.29, 1.82) is 0 Å². The number of ketones is 1. The quantitative estimate of drug-likeness (QED) is 0.895. The summed E-state index contributed by atoms with van der Waals surface area (Å²) in [6, 6.07) is 8.72. The summed E-state index contributed by atoms with van der Waals surface area (Å²) >= 11 is 0. The zero-order valence-electron chi connectivity index (χ0n) is 15.7. The summed E-state index contributed by atoms with van der Waals surface area (Å²) < 4.78 is 21.6. The van der Waals surface area contributed by atoms with Crippen LogP contribution in [-0.4, -0.2) is 31.9 Å². The third-order valence-electron chi connectivity index (χ3n) is 5.84. The maximum absolute atomic E-state index is 12.9. The van der Waals surface area contributed by atoms with E-state index in [0.717, 1.165) is 0 Å². The number of carbonyl (C=O) groups is 1. The Morgan fingerprint density at radius 3 is 2.41 bits per heavy atom. The van der Waals surface area contributed by atoms with Crippen LogP contribution in [0.25, 0.3) is 0 Å². The lowest BCUT2D eigenvalue weighted by Crippen LogP contribution is -2.46. The molecule has 0 bridgehead atoms. The van der Waals surface area contributed by atoms with Gasteiger partial charge in [-0.3, -0.25) is 4.79 Å². The number of methoxy groups -OCH3 is 2. The lowest BCUT2D eigenvalue weighted by Gasteiger charge is -2.43. The standard InChI is InChI=1S/C21H22O6/c1-11-12(2)21(23,13-5-6-16-19(7-13)27-10-26-16)15-9-18(25-4)17(24-3)8-14(15)20(11)22/h5-9,11-12,23H,10H2,1-4H3/t11-,12-,21+/m0/s1. The first-order valence-electron chi connectivity index (χ1n) is 8.85. The van der Waals surface area contributed by atoms with Crippen molar-refractivity contribution in [1.82, 2.24) is 0 Å². The van der Waals surface area contributed by atoms with E-state index in [-0.39, 0.29) is 24.4 Å². The van der Waals surface area contributed by atoms with Gasteiger partial charge in [-0.2, -0.15) is 0 Å². The van der Waals surface area contributed by atoms with Gasteiger partial charge in [0.15, 0.2) is 28.8 Å². The highest BCUT2D eigenvalue weighted by molar-refractivity contribution is 6.02. The number of ether oxygens (including phenoxy) is 4. The molecule has 0 aromatic heterocycles. The van der Waals surface area contributed by atoms with Gasteiger partial charge in [0, 0.05) is 23.0 Å². The van der Waals surface area contributed by atoms with Crippen molar-refractivity contribution < 1.29 is 28.8 Å². The molecule has 27 heavy (non-hydrogen) atoms. The summed E-state index contributed by atoms with van der Waals surface area (Å²) in [7, 11) is 3.05. The fraction of sp³-hybridized carbons (Fsp3) is 0.381. The van der Waals surface area contributed by atoms with Gasteiger partial charge in [0.2, 0.25) is 6.79 Å². The third kappa shape index (κ3) is 2.40. The van der Waals surface area contributed by atoms with Crippen LogP contribution >= 0.6 is 0 Å². The predicted octanol–water partition coefficient (Wildman–Crippen LogP) is 3.14. The van der Waals surface area contributed by atoms with E-state index in [0.29, 0.717) is 39.7 Å². The lowest BCUT2D eigenvalue weighted by molar-refractivity contribution is -0.00540. The first-order valence-corrected chi connectivity index (χ1v) is 8.85. The van der Waals surface area contributed by atoms with Crippen molar-refractivity contribution in [2.45, 2.75) is 19.4 Å². The lowest BCUT2D eigenvalue weighted by atomic mass is 9.64. The van der Waals surface area contributed by atoms with Gasteiger partial charge in [-0.15, -0.1) is 0 Å². The van der Waals surface area contributed by atoms with Crippen LogP contribution in [0.15, 0.2) is 30.3 Å². The monoisotopic (exact) mass is 370 g/mol. The average molecular weight is 370 g/mol. The first-order chi connectivity index (χ1) is 12.9. The number of hydrogen-bond donors (Lipinski definition) is 1. The number of fused-ring (bicyclic) bond motifs is 2. The molecule has 1 heterocycles. The van der Waals surface area contributed by atoms with Crippen molar-refractivity contribution in [2.24, 2.45) is 11.8 Å². The molecule has 1 aliphatic carbocycles. The Morgan fingerprint density at radius 1 is 1.04 bits per heavy atom. The second-order valence-corrected chi connectivity index (χ2v) is 7.03. The minimum Gasteiger partial charge on any atom is -0.493 e. The molecule has 1 aliphatic heterocycles. The van der Waals surface area contributed by atoms with E-state index < -0.39 is 5.60 Å². The molecular formula is C21H22O6. The smallest absolute Gasteiger partial charge is 0.231 e. The first kappa shape index (κ1) is 17.7. The highest BCUT2D eigenvalue weighted by atomic mass is 16.7. The minimum absolute atomic E-state index is 0.0242. The van der Waals surface area contributed by atoms with Crippen LogP contribution in [0.4, 0.5) is 0 Å². The molecule has 2 aromatic carbocycles. The number of rotatable bonds is 3. The molecule has 3 atom stereocenters. The fourth-order valence-electron chi connectivity index (χ4n) is 4.03. The van der Waals surface area contributed by atoms with Gasteiger partial charge in [0.25, 0.3) is 0 Å². The normalized spacial score (nSPS) is 25.9. The predicted molar refractivity (Wildman–Crippen MR) is 97.8 cm³/mol. The molecule has 0 saturated carbocycles. The number of hydrogen-bond acceptors (Lipinski definition) is 6. The number of Topliss-reactive ketones (excluding diaryl/α,β-unsaturated/α-hetero) is 1. The Labute approximate surface area is 157 Å². The molecule has 4 rings (SSSR count). The van der Waals surface area contributed by atoms with Crippen LogP contribution in [0.5, 0.6) is 23.0 Å². The van der Waals surface area contributed by atoms with Crippen molar-refractivity contribution in [2.75, 3.05) is 21.0 Å².